The zero-order valence-corrected chi connectivity index (χ0v) is 16.1. The van der Waals surface area contributed by atoms with Crippen molar-refractivity contribution in [3.05, 3.63) is 106 Å². The fourth-order valence-corrected chi connectivity index (χ4v) is 4.01. The molecule has 1 N–H and O–H groups in total. The lowest BCUT2D eigenvalue weighted by atomic mass is 9.83. The van der Waals surface area contributed by atoms with E-state index in [-0.39, 0.29) is 11.6 Å². The molecule has 1 saturated heterocycles. The van der Waals surface area contributed by atoms with E-state index in [0.29, 0.717) is 12.2 Å². The van der Waals surface area contributed by atoms with E-state index >= 15 is 0 Å². The van der Waals surface area contributed by atoms with Crippen LogP contribution in [0.1, 0.15) is 45.5 Å². The highest BCUT2D eigenvalue weighted by molar-refractivity contribution is 5.96. The van der Waals surface area contributed by atoms with Crippen LogP contribution in [0.2, 0.25) is 0 Å². The van der Waals surface area contributed by atoms with Gasteiger partial charge in [0.2, 0.25) is 0 Å². The molecule has 1 heterocycles. The van der Waals surface area contributed by atoms with Gasteiger partial charge in [0, 0.05) is 12.2 Å². The van der Waals surface area contributed by atoms with E-state index in [1.807, 2.05) is 24.3 Å². The third-order valence-electron chi connectivity index (χ3n) is 5.58. The molecule has 4 rings (SSSR count). The summed E-state index contributed by atoms with van der Waals surface area (Å²) in [5, 5.41) is 8.95. The van der Waals surface area contributed by atoms with Gasteiger partial charge in [0.1, 0.15) is 18.0 Å². The minimum absolute atomic E-state index is 0.246. The second-order valence-corrected chi connectivity index (χ2v) is 7.44. The van der Waals surface area contributed by atoms with Gasteiger partial charge in [-0.3, -0.25) is 4.79 Å². The van der Waals surface area contributed by atoms with Crippen molar-refractivity contribution in [3.63, 3.8) is 0 Å². The number of Topliss-reactive ketones (excluding diaryl/α,β-unsaturated/α-hetero) is 1. The number of halogens is 1. The van der Waals surface area contributed by atoms with Crippen molar-refractivity contribution >= 4 is 5.78 Å². The Morgan fingerprint density at radius 2 is 1.45 bits per heavy atom. The number of ether oxygens (including phenoxy) is 1. The summed E-state index contributed by atoms with van der Waals surface area (Å²) >= 11 is 0. The molecule has 0 amide bonds. The first-order chi connectivity index (χ1) is 14.1. The molecule has 0 bridgehead atoms. The summed E-state index contributed by atoms with van der Waals surface area (Å²) < 4.78 is 19.6. The lowest BCUT2D eigenvalue weighted by Crippen LogP contribution is -2.26. The number of aliphatic hydroxyl groups excluding tert-OH is 1. The molecule has 29 heavy (non-hydrogen) atoms. The Hall–Kier alpha value is -2.82. The van der Waals surface area contributed by atoms with Gasteiger partial charge in [-0.2, -0.15) is 0 Å². The summed E-state index contributed by atoms with van der Waals surface area (Å²) in [5.74, 6) is -0.521. The fourth-order valence-electron chi connectivity index (χ4n) is 4.01. The topological polar surface area (TPSA) is 46.5 Å². The molecule has 4 heteroatoms. The van der Waals surface area contributed by atoms with Gasteiger partial charge in [0.25, 0.3) is 0 Å². The molecular weight excluding hydrogens is 367 g/mol. The zero-order chi connectivity index (χ0) is 20.3. The molecular formula is C25H23FO3. The van der Waals surface area contributed by atoms with Crippen LogP contribution in [-0.4, -0.2) is 24.1 Å². The van der Waals surface area contributed by atoms with Crippen LogP contribution in [-0.2, 0) is 16.8 Å². The summed E-state index contributed by atoms with van der Waals surface area (Å²) in [6, 6.07) is 22.3. The predicted molar refractivity (Wildman–Crippen MR) is 109 cm³/mol. The first-order valence-corrected chi connectivity index (χ1v) is 9.83. The number of rotatable bonds is 6. The Morgan fingerprint density at radius 3 is 1.97 bits per heavy atom. The molecule has 3 aromatic rings. The molecule has 3 nitrogen and oxygen atoms in total. The molecule has 0 radical (unpaired) electrons. The summed E-state index contributed by atoms with van der Waals surface area (Å²) in [5.41, 5.74) is 4.31. The van der Waals surface area contributed by atoms with Crippen LogP contribution < -0.4 is 0 Å². The molecule has 3 aromatic carbocycles. The molecule has 0 aliphatic carbocycles. The maximum Gasteiger partial charge on any atom is 0.188 e. The second kappa shape index (κ2) is 8.27. The summed E-state index contributed by atoms with van der Waals surface area (Å²) in [6.07, 6.45) is 2.59. The highest BCUT2D eigenvalue weighted by atomic mass is 19.1. The molecule has 0 saturated carbocycles. The lowest BCUT2D eigenvalue weighted by Gasteiger charge is -2.30. The van der Waals surface area contributed by atoms with Crippen LogP contribution in [0.5, 0.6) is 0 Å². The van der Waals surface area contributed by atoms with E-state index in [9.17, 15) is 9.18 Å². The average molecular weight is 390 g/mol. The average Bonchev–Trinajstić information content (AvgIpc) is 3.26. The van der Waals surface area contributed by atoms with Gasteiger partial charge in [0.05, 0.1) is 0 Å². The Labute approximate surface area is 169 Å². The van der Waals surface area contributed by atoms with Crippen molar-refractivity contribution in [2.75, 3.05) is 13.2 Å². The molecule has 0 aromatic heterocycles. The minimum atomic E-state index is -0.515. The normalized spacial score (nSPS) is 18.7. The van der Waals surface area contributed by atoms with E-state index in [1.165, 1.54) is 12.1 Å². The highest BCUT2D eigenvalue weighted by Gasteiger charge is 2.38. The van der Waals surface area contributed by atoms with Crippen molar-refractivity contribution in [2.24, 2.45) is 0 Å². The first kappa shape index (κ1) is 19.5. The van der Waals surface area contributed by atoms with Gasteiger partial charge in [-0.25, -0.2) is 4.39 Å². The number of carbonyl (C=O) groups is 1. The number of ketones is 1. The van der Waals surface area contributed by atoms with Crippen LogP contribution in [0, 0.1) is 5.82 Å². The quantitative estimate of drug-likeness (QED) is 0.624. The molecule has 148 valence electrons. The lowest BCUT2D eigenvalue weighted by molar-refractivity contribution is 0.0359. The van der Waals surface area contributed by atoms with E-state index in [2.05, 4.69) is 24.3 Å². The van der Waals surface area contributed by atoms with Crippen molar-refractivity contribution in [1.82, 2.24) is 0 Å². The van der Waals surface area contributed by atoms with Crippen molar-refractivity contribution < 1.29 is 19.0 Å². The monoisotopic (exact) mass is 390 g/mol. The molecule has 0 spiro atoms. The van der Waals surface area contributed by atoms with Crippen molar-refractivity contribution in [1.29, 1.82) is 0 Å². The van der Waals surface area contributed by atoms with Crippen molar-refractivity contribution in [2.45, 2.75) is 24.9 Å². The Kier molecular flexibility index (Phi) is 5.56. The number of aliphatic hydroxyl groups is 1. The summed E-state index contributed by atoms with van der Waals surface area (Å²) in [4.78, 5) is 11.5. The number of benzene rings is 3. The Bertz CT molecular complexity index is 970. The van der Waals surface area contributed by atoms with Crippen LogP contribution in [0.25, 0.3) is 0 Å². The van der Waals surface area contributed by atoms with Gasteiger partial charge in [-0.15, -0.1) is 0 Å². The molecule has 1 aliphatic heterocycles. The Balaban J connectivity index is 1.55. The van der Waals surface area contributed by atoms with Gasteiger partial charge < -0.3 is 9.84 Å². The third kappa shape index (κ3) is 4.00. The van der Waals surface area contributed by atoms with Crippen LogP contribution in [0.15, 0.2) is 72.8 Å². The first-order valence-electron chi connectivity index (χ1n) is 9.83. The van der Waals surface area contributed by atoms with Crippen LogP contribution in [0.4, 0.5) is 4.39 Å². The number of hydrogen-bond donors (Lipinski definition) is 1. The number of hydrogen-bond acceptors (Lipinski definition) is 3. The largest absolute Gasteiger partial charge is 0.388 e. The second-order valence-electron chi connectivity index (χ2n) is 7.44. The fraction of sp³-hybridized carbons (Fsp3) is 0.240. The minimum Gasteiger partial charge on any atom is -0.388 e. The SMILES string of the molecule is O=C(CO)c1ccc(Cc2ccc(C3(c4ccc(F)cc4)CCCO3)cc2)cc1. The smallest absolute Gasteiger partial charge is 0.188 e. The zero-order valence-electron chi connectivity index (χ0n) is 16.1. The molecule has 1 aliphatic rings. The maximum absolute atomic E-state index is 13.4. The number of carbonyl (C=O) groups excluding carboxylic acids is 1. The van der Waals surface area contributed by atoms with Crippen LogP contribution in [0.3, 0.4) is 0 Å². The summed E-state index contributed by atoms with van der Waals surface area (Å²) in [7, 11) is 0. The van der Waals surface area contributed by atoms with Crippen LogP contribution >= 0.6 is 0 Å². The van der Waals surface area contributed by atoms with Gasteiger partial charge in [0.15, 0.2) is 5.78 Å². The predicted octanol–water partition coefficient (Wildman–Crippen LogP) is 4.65. The third-order valence-corrected chi connectivity index (χ3v) is 5.58. The standard InChI is InChI=1S/C25H23FO3/c26-23-12-10-22(11-13-23)25(14-1-15-29-25)21-8-4-19(5-9-21)16-18-2-6-20(7-3-18)24(28)17-27/h2-13,27H,1,14-17H2. The Morgan fingerprint density at radius 1 is 0.897 bits per heavy atom. The van der Waals surface area contributed by atoms with E-state index in [0.717, 1.165) is 41.5 Å². The van der Waals surface area contributed by atoms with Crippen molar-refractivity contribution in [3.8, 4) is 0 Å². The highest BCUT2D eigenvalue weighted by Crippen LogP contribution is 2.42. The molecule has 1 atom stereocenters. The van der Waals surface area contributed by atoms with Gasteiger partial charge in [-0.1, -0.05) is 60.7 Å². The van der Waals surface area contributed by atoms with Gasteiger partial charge in [-0.05, 0) is 53.6 Å². The van der Waals surface area contributed by atoms with E-state index in [1.54, 1.807) is 12.1 Å². The maximum atomic E-state index is 13.4. The van der Waals surface area contributed by atoms with E-state index in [4.69, 9.17) is 9.84 Å². The molecule has 1 fully saturated rings. The van der Waals surface area contributed by atoms with E-state index < -0.39 is 12.2 Å². The molecule has 1 unspecified atom stereocenters. The van der Waals surface area contributed by atoms with Gasteiger partial charge >= 0.3 is 0 Å². The summed E-state index contributed by atoms with van der Waals surface area (Å²) in [6.45, 7) is 0.219.